The van der Waals surface area contributed by atoms with E-state index >= 15 is 0 Å². The van der Waals surface area contributed by atoms with Crippen LogP contribution in [0.5, 0.6) is 0 Å². The number of rotatable bonds is 7. The number of Topliss-reactive ketones (excluding diaryl/α,β-unsaturated/α-hetero) is 1. The normalized spacial score (nSPS) is 26.0. The summed E-state index contributed by atoms with van der Waals surface area (Å²) in [6.45, 7) is 3.68. The van der Waals surface area contributed by atoms with E-state index < -0.39 is 38.9 Å². The first-order chi connectivity index (χ1) is 20.2. The molecule has 42 heavy (non-hydrogen) atoms. The Morgan fingerprint density at radius 1 is 1.05 bits per heavy atom. The van der Waals surface area contributed by atoms with Gasteiger partial charge in [0.2, 0.25) is 10.0 Å². The molecule has 0 radical (unpaired) electrons. The van der Waals surface area contributed by atoms with Gasteiger partial charge in [0.05, 0.1) is 35.5 Å². The fourth-order valence-corrected chi connectivity index (χ4v) is 7.89. The van der Waals surface area contributed by atoms with Crippen molar-refractivity contribution in [1.82, 2.24) is 9.21 Å². The molecule has 2 aromatic carbocycles. The van der Waals surface area contributed by atoms with Crippen LogP contribution in [0.15, 0.2) is 59.0 Å². The number of sulfonamides is 1. The highest BCUT2D eigenvalue weighted by atomic mass is 32.2. The van der Waals surface area contributed by atoms with Gasteiger partial charge in [0.25, 0.3) is 17.6 Å². The fourth-order valence-electron chi connectivity index (χ4n) is 6.44. The lowest BCUT2D eigenvalue weighted by atomic mass is 9.81. The van der Waals surface area contributed by atoms with Crippen LogP contribution >= 0.6 is 0 Å². The van der Waals surface area contributed by atoms with Gasteiger partial charge < -0.3 is 24.4 Å². The molecule has 222 valence electrons. The van der Waals surface area contributed by atoms with Gasteiger partial charge in [-0.25, -0.2) is 8.42 Å². The number of fused-ring (bicyclic) bond motifs is 2. The predicted molar refractivity (Wildman–Crippen MR) is 152 cm³/mol. The third kappa shape index (κ3) is 4.27. The Kier molecular flexibility index (Phi) is 7.42. The molecule has 4 aliphatic rings. The predicted octanol–water partition coefficient (Wildman–Crippen LogP) is 2.22. The molecular formula is C30H33N3O8S. The summed E-state index contributed by atoms with van der Waals surface area (Å²) in [7, 11) is -3.93. The van der Waals surface area contributed by atoms with Crippen LogP contribution in [0.3, 0.4) is 0 Å². The summed E-state index contributed by atoms with van der Waals surface area (Å²) in [6.07, 6.45) is 1.70. The molecule has 0 saturated carbocycles. The van der Waals surface area contributed by atoms with Crippen LogP contribution in [0.1, 0.15) is 37.3 Å². The molecular weight excluding hydrogens is 562 g/mol. The molecule has 6 rings (SSSR count). The number of anilines is 1. The molecule has 0 aliphatic carbocycles. The molecule has 1 N–H and O–H groups in total. The molecule has 12 heteroatoms. The Labute approximate surface area is 244 Å². The topological polar surface area (TPSA) is 134 Å². The number of morpholine rings is 1. The average molecular weight is 596 g/mol. The summed E-state index contributed by atoms with van der Waals surface area (Å²) < 4.78 is 39.2. The zero-order chi connectivity index (χ0) is 29.6. The van der Waals surface area contributed by atoms with E-state index in [9.17, 15) is 27.9 Å². The Morgan fingerprint density at radius 2 is 1.81 bits per heavy atom. The zero-order valence-electron chi connectivity index (χ0n) is 23.3. The molecule has 3 fully saturated rings. The number of ether oxygens (including phenoxy) is 2. The minimum atomic E-state index is -3.93. The van der Waals surface area contributed by atoms with E-state index in [4.69, 9.17) is 9.47 Å². The Hall–Kier alpha value is -3.58. The van der Waals surface area contributed by atoms with Crippen molar-refractivity contribution in [2.24, 2.45) is 0 Å². The SMILES string of the molecule is CCCN1C(=O)C2(/C(=C(/O)c3cccc(S(=O)(=O)N4CCOCC4)c3)C(=O)C(=O)N2CC2CCCO2)c2ccccc21. The van der Waals surface area contributed by atoms with Gasteiger partial charge in [0.1, 0.15) is 5.76 Å². The Morgan fingerprint density at radius 3 is 2.52 bits per heavy atom. The van der Waals surface area contributed by atoms with Gasteiger partial charge in [0.15, 0.2) is 5.54 Å². The monoisotopic (exact) mass is 595 g/mol. The average Bonchev–Trinajstić information content (AvgIpc) is 3.67. The minimum absolute atomic E-state index is 0.00710. The molecule has 2 amide bonds. The summed E-state index contributed by atoms with van der Waals surface area (Å²) in [6, 6.07) is 12.6. The first-order valence-electron chi connectivity index (χ1n) is 14.2. The number of aliphatic hydroxyl groups excluding tert-OH is 1. The third-order valence-electron chi connectivity index (χ3n) is 8.38. The number of ketones is 1. The van der Waals surface area contributed by atoms with Crippen LogP contribution in [0.4, 0.5) is 5.69 Å². The summed E-state index contributed by atoms with van der Waals surface area (Å²) >= 11 is 0. The van der Waals surface area contributed by atoms with E-state index in [1.165, 1.54) is 33.5 Å². The van der Waals surface area contributed by atoms with Gasteiger partial charge in [-0.3, -0.25) is 14.4 Å². The highest BCUT2D eigenvalue weighted by Crippen LogP contribution is 2.54. The number of para-hydroxylation sites is 1. The van der Waals surface area contributed by atoms with E-state index in [-0.39, 0.29) is 55.0 Å². The van der Waals surface area contributed by atoms with Crippen molar-refractivity contribution in [2.45, 2.75) is 42.7 Å². The zero-order valence-corrected chi connectivity index (χ0v) is 24.1. The number of likely N-dealkylation sites (tertiary alicyclic amines) is 1. The van der Waals surface area contributed by atoms with Gasteiger partial charge in [-0.1, -0.05) is 37.3 Å². The van der Waals surface area contributed by atoms with Crippen molar-refractivity contribution in [1.29, 1.82) is 0 Å². The lowest BCUT2D eigenvalue weighted by Gasteiger charge is -2.35. The van der Waals surface area contributed by atoms with Crippen LogP contribution in [0.2, 0.25) is 0 Å². The van der Waals surface area contributed by atoms with Gasteiger partial charge in [-0.15, -0.1) is 0 Å². The Balaban J connectivity index is 1.54. The number of carbonyl (C=O) groups is 3. The second-order valence-electron chi connectivity index (χ2n) is 10.8. The van der Waals surface area contributed by atoms with Crippen molar-refractivity contribution >= 4 is 39.1 Å². The van der Waals surface area contributed by atoms with Crippen LogP contribution in [0.25, 0.3) is 5.76 Å². The van der Waals surface area contributed by atoms with Gasteiger partial charge in [-0.2, -0.15) is 4.31 Å². The van der Waals surface area contributed by atoms with Gasteiger partial charge in [-0.05, 0) is 37.5 Å². The largest absolute Gasteiger partial charge is 0.507 e. The van der Waals surface area contributed by atoms with E-state index in [0.717, 1.165) is 6.42 Å². The fraction of sp³-hybridized carbons (Fsp3) is 0.433. The number of nitrogens with zero attached hydrogens (tertiary/aromatic N) is 3. The number of hydrogen-bond donors (Lipinski definition) is 1. The number of carbonyl (C=O) groups excluding carboxylic acids is 3. The summed E-state index contributed by atoms with van der Waals surface area (Å²) in [5, 5.41) is 11.8. The van der Waals surface area contributed by atoms with Crippen LogP contribution in [0, 0.1) is 0 Å². The molecule has 11 nitrogen and oxygen atoms in total. The quantitative estimate of drug-likeness (QED) is 0.293. The van der Waals surface area contributed by atoms with Crippen LogP contribution in [-0.4, -0.2) is 92.4 Å². The first kappa shape index (κ1) is 28.5. The highest BCUT2D eigenvalue weighted by molar-refractivity contribution is 7.89. The highest BCUT2D eigenvalue weighted by Gasteiger charge is 2.67. The number of benzene rings is 2. The molecule has 4 aliphatic heterocycles. The summed E-state index contributed by atoms with van der Waals surface area (Å²) in [5.41, 5.74) is -1.31. The number of amides is 2. The number of hydrogen-bond acceptors (Lipinski definition) is 8. The van der Waals surface area contributed by atoms with Crippen molar-refractivity contribution in [3.8, 4) is 0 Å². The van der Waals surface area contributed by atoms with Crippen LogP contribution < -0.4 is 4.90 Å². The van der Waals surface area contributed by atoms with Crippen molar-refractivity contribution in [3.05, 3.63) is 65.2 Å². The van der Waals surface area contributed by atoms with E-state index in [2.05, 4.69) is 0 Å². The van der Waals surface area contributed by atoms with E-state index in [1.807, 2.05) is 6.92 Å². The van der Waals surface area contributed by atoms with E-state index in [1.54, 1.807) is 29.2 Å². The summed E-state index contributed by atoms with van der Waals surface area (Å²) in [4.78, 5) is 44.8. The lowest BCUT2D eigenvalue weighted by Crippen LogP contribution is -2.53. The van der Waals surface area contributed by atoms with Gasteiger partial charge in [0, 0.05) is 43.9 Å². The first-order valence-corrected chi connectivity index (χ1v) is 15.7. The third-order valence-corrected chi connectivity index (χ3v) is 10.3. The lowest BCUT2D eigenvalue weighted by molar-refractivity contribution is -0.145. The second-order valence-corrected chi connectivity index (χ2v) is 12.8. The van der Waals surface area contributed by atoms with Crippen molar-refractivity contribution in [3.63, 3.8) is 0 Å². The maximum Gasteiger partial charge on any atom is 0.296 e. The second kappa shape index (κ2) is 10.9. The summed E-state index contributed by atoms with van der Waals surface area (Å²) in [5.74, 6) is -3.04. The molecule has 2 unspecified atom stereocenters. The van der Waals surface area contributed by atoms with E-state index in [0.29, 0.717) is 37.2 Å². The Bertz CT molecular complexity index is 1580. The molecule has 2 atom stereocenters. The smallest absolute Gasteiger partial charge is 0.296 e. The maximum atomic E-state index is 14.5. The molecule has 2 aromatic rings. The van der Waals surface area contributed by atoms with Crippen molar-refractivity contribution < 1.29 is 37.4 Å². The number of aliphatic hydroxyl groups is 1. The minimum Gasteiger partial charge on any atom is -0.507 e. The van der Waals surface area contributed by atoms with Gasteiger partial charge >= 0.3 is 0 Å². The van der Waals surface area contributed by atoms with Crippen LogP contribution in [-0.2, 0) is 39.4 Å². The maximum absolute atomic E-state index is 14.5. The molecule has 1 spiro atoms. The standard InChI is InChI=1S/C30H33N3O8S/c1-2-12-32-24-11-4-3-10-23(24)30(29(32)37)25(27(35)28(36)33(30)19-21-8-6-15-41-21)26(34)20-7-5-9-22(18-20)42(38,39)31-13-16-40-17-14-31/h3-5,7,9-11,18,21,34H,2,6,8,12-17,19H2,1H3/b26-25+. The molecule has 3 saturated heterocycles. The molecule has 0 aromatic heterocycles. The molecule has 4 heterocycles. The molecule has 0 bridgehead atoms. The van der Waals surface area contributed by atoms with Crippen molar-refractivity contribution in [2.75, 3.05) is 50.9 Å².